The summed E-state index contributed by atoms with van der Waals surface area (Å²) in [4.78, 5) is 26.2. The Morgan fingerprint density at radius 2 is 1.93 bits per heavy atom. The van der Waals surface area contributed by atoms with Crippen molar-refractivity contribution in [1.29, 1.82) is 0 Å². The predicted octanol–water partition coefficient (Wildman–Crippen LogP) is 4.99. The van der Waals surface area contributed by atoms with Crippen molar-refractivity contribution in [2.24, 2.45) is 5.92 Å². The smallest absolute Gasteiger partial charge is 0.412 e. The van der Waals surface area contributed by atoms with Gasteiger partial charge in [0, 0.05) is 5.57 Å². The van der Waals surface area contributed by atoms with E-state index >= 15 is 0 Å². The molecular weight excluding hydrogens is 370 g/mol. The van der Waals surface area contributed by atoms with Gasteiger partial charge in [0.25, 0.3) is 0 Å². The van der Waals surface area contributed by atoms with E-state index < -0.39 is 23.9 Å². The fraction of sp³-hybridized carbons (Fsp3) is 0.565. The van der Waals surface area contributed by atoms with Crippen LogP contribution in [0.25, 0.3) is 0 Å². The Bertz CT molecular complexity index is 726. The highest BCUT2D eigenvalue weighted by Crippen LogP contribution is 2.37. The van der Waals surface area contributed by atoms with Crippen molar-refractivity contribution in [3.05, 3.63) is 47.5 Å². The minimum Gasteiger partial charge on any atom is -0.478 e. The molecule has 0 aliphatic carbocycles. The molecule has 0 radical (unpaired) electrons. The van der Waals surface area contributed by atoms with Gasteiger partial charge >= 0.3 is 12.1 Å². The number of amides is 1. The SMILES string of the molecule is CCCC(=CC1OC(C)(C)N(C(=O)OCc2ccccc2)C1CC(C)C)C(=O)O. The monoisotopic (exact) mass is 403 g/mol. The molecular formula is C23H33NO5. The summed E-state index contributed by atoms with van der Waals surface area (Å²) in [5, 5.41) is 9.52. The fourth-order valence-electron chi connectivity index (χ4n) is 3.76. The normalized spacial score (nSPS) is 21.4. The Kier molecular flexibility index (Phi) is 7.85. The lowest BCUT2D eigenvalue weighted by atomic mass is 9.96. The average Bonchev–Trinajstić information content (AvgIpc) is 2.89. The molecule has 0 aromatic heterocycles. The van der Waals surface area contributed by atoms with E-state index in [1.165, 1.54) is 0 Å². The number of aliphatic carboxylic acids is 1. The number of ether oxygens (including phenoxy) is 2. The Hall–Kier alpha value is -2.34. The highest BCUT2D eigenvalue weighted by atomic mass is 16.6. The maximum absolute atomic E-state index is 13.0. The summed E-state index contributed by atoms with van der Waals surface area (Å²) in [5.41, 5.74) is 0.331. The number of hydrogen-bond donors (Lipinski definition) is 1. The summed E-state index contributed by atoms with van der Waals surface area (Å²) in [6, 6.07) is 9.22. The van der Waals surface area contributed by atoms with E-state index in [0.29, 0.717) is 24.3 Å². The van der Waals surface area contributed by atoms with Gasteiger partial charge in [-0.05, 0) is 44.2 Å². The molecule has 160 valence electrons. The van der Waals surface area contributed by atoms with E-state index in [-0.39, 0.29) is 12.6 Å². The number of carboxylic acids is 1. The quantitative estimate of drug-likeness (QED) is 0.619. The molecule has 0 spiro atoms. The number of nitrogens with zero attached hydrogens (tertiary/aromatic N) is 1. The van der Waals surface area contributed by atoms with Crippen LogP contribution in [0.1, 0.15) is 59.4 Å². The van der Waals surface area contributed by atoms with Crippen LogP contribution in [0.15, 0.2) is 42.0 Å². The van der Waals surface area contributed by atoms with E-state index in [9.17, 15) is 14.7 Å². The number of hydrogen-bond acceptors (Lipinski definition) is 4. The number of carbonyl (C=O) groups is 2. The average molecular weight is 404 g/mol. The largest absolute Gasteiger partial charge is 0.478 e. The summed E-state index contributed by atoms with van der Waals surface area (Å²) in [5.74, 6) is -0.640. The second-order valence-electron chi connectivity index (χ2n) is 8.38. The Labute approximate surface area is 173 Å². The first kappa shape index (κ1) is 22.9. The maximum atomic E-state index is 13.0. The third kappa shape index (κ3) is 6.07. The molecule has 1 fully saturated rings. The third-order valence-electron chi connectivity index (χ3n) is 4.99. The molecule has 6 heteroatoms. The lowest BCUT2D eigenvalue weighted by molar-refractivity contribution is -0.133. The molecule has 1 aliphatic rings. The van der Waals surface area contributed by atoms with Gasteiger partial charge in [-0.2, -0.15) is 0 Å². The van der Waals surface area contributed by atoms with Crippen LogP contribution in [0, 0.1) is 5.92 Å². The molecule has 0 bridgehead atoms. The van der Waals surface area contributed by atoms with Gasteiger partial charge in [-0.1, -0.05) is 57.5 Å². The van der Waals surface area contributed by atoms with Crippen molar-refractivity contribution in [2.75, 3.05) is 0 Å². The summed E-state index contributed by atoms with van der Waals surface area (Å²) in [6.45, 7) is 9.90. The standard InChI is InChI=1S/C23H33NO5/c1-6-10-18(21(25)26)14-20-19(13-16(2)3)24(23(4,5)29-20)22(27)28-15-17-11-8-7-9-12-17/h7-9,11-12,14,16,19-20H,6,10,13,15H2,1-5H3,(H,25,26). The van der Waals surface area contributed by atoms with Crippen LogP contribution >= 0.6 is 0 Å². The van der Waals surface area contributed by atoms with Gasteiger partial charge in [0.05, 0.1) is 12.1 Å². The summed E-state index contributed by atoms with van der Waals surface area (Å²) in [6.07, 6.45) is 2.60. The minimum absolute atomic E-state index is 0.178. The second-order valence-corrected chi connectivity index (χ2v) is 8.38. The van der Waals surface area contributed by atoms with Crippen LogP contribution in [0.5, 0.6) is 0 Å². The van der Waals surface area contributed by atoms with Gasteiger partial charge in [-0.15, -0.1) is 0 Å². The molecule has 6 nitrogen and oxygen atoms in total. The molecule has 1 aromatic carbocycles. The molecule has 29 heavy (non-hydrogen) atoms. The highest BCUT2D eigenvalue weighted by Gasteiger charge is 2.50. The van der Waals surface area contributed by atoms with Crippen LogP contribution < -0.4 is 0 Å². The van der Waals surface area contributed by atoms with Gasteiger partial charge in [0.15, 0.2) is 0 Å². The lowest BCUT2D eigenvalue weighted by Crippen LogP contribution is -2.48. The van der Waals surface area contributed by atoms with Crippen LogP contribution in [0.3, 0.4) is 0 Å². The first-order valence-electron chi connectivity index (χ1n) is 10.3. The van der Waals surface area contributed by atoms with E-state index in [1.807, 2.05) is 51.1 Å². The zero-order valence-electron chi connectivity index (χ0n) is 18.1. The molecule has 1 heterocycles. The molecule has 2 unspecified atom stereocenters. The van der Waals surface area contributed by atoms with E-state index in [4.69, 9.17) is 9.47 Å². The zero-order valence-corrected chi connectivity index (χ0v) is 18.1. The molecule has 1 aromatic rings. The molecule has 1 amide bonds. The first-order valence-corrected chi connectivity index (χ1v) is 10.3. The lowest BCUT2D eigenvalue weighted by Gasteiger charge is -2.33. The van der Waals surface area contributed by atoms with Crippen molar-refractivity contribution in [3.63, 3.8) is 0 Å². The second kappa shape index (κ2) is 9.92. The van der Waals surface area contributed by atoms with Gasteiger partial charge in [0.1, 0.15) is 12.3 Å². The van der Waals surface area contributed by atoms with Gasteiger partial charge in [0.2, 0.25) is 0 Å². The maximum Gasteiger partial charge on any atom is 0.412 e. The summed E-state index contributed by atoms with van der Waals surface area (Å²) < 4.78 is 11.7. The van der Waals surface area contributed by atoms with Crippen molar-refractivity contribution in [2.45, 2.75) is 78.4 Å². The Balaban J connectivity index is 2.26. The van der Waals surface area contributed by atoms with Crippen LogP contribution in [0.2, 0.25) is 0 Å². The topological polar surface area (TPSA) is 76.1 Å². The van der Waals surface area contributed by atoms with E-state index in [2.05, 4.69) is 13.8 Å². The molecule has 1 N–H and O–H groups in total. The molecule has 2 atom stereocenters. The Morgan fingerprint density at radius 1 is 1.28 bits per heavy atom. The van der Waals surface area contributed by atoms with Crippen molar-refractivity contribution < 1.29 is 24.2 Å². The Morgan fingerprint density at radius 3 is 2.48 bits per heavy atom. The van der Waals surface area contributed by atoms with Gasteiger partial charge in [-0.3, -0.25) is 4.90 Å². The number of rotatable bonds is 8. The van der Waals surface area contributed by atoms with Crippen molar-refractivity contribution in [3.8, 4) is 0 Å². The van der Waals surface area contributed by atoms with Crippen molar-refractivity contribution >= 4 is 12.1 Å². The number of carboxylic acid groups (broad SMARTS) is 1. The first-order chi connectivity index (χ1) is 13.7. The number of carbonyl (C=O) groups excluding carboxylic acids is 1. The number of benzene rings is 1. The fourth-order valence-corrected chi connectivity index (χ4v) is 3.76. The molecule has 1 saturated heterocycles. The zero-order chi connectivity index (χ0) is 21.6. The van der Waals surface area contributed by atoms with Gasteiger partial charge < -0.3 is 14.6 Å². The molecule has 0 saturated carbocycles. The molecule has 1 aliphatic heterocycles. The third-order valence-corrected chi connectivity index (χ3v) is 4.99. The van der Waals surface area contributed by atoms with Gasteiger partial charge in [-0.25, -0.2) is 9.59 Å². The van der Waals surface area contributed by atoms with Crippen LogP contribution in [-0.4, -0.2) is 39.9 Å². The van der Waals surface area contributed by atoms with Crippen molar-refractivity contribution in [1.82, 2.24) is 4.90 Å². The highest BCUT2D eigenvalue weighted by molar-refractivity contribution is 5.86. The minimum atomic E-state index is -0.943. The predicted molar refractivity (Wildman–Crippen MR) is 111 cm³/mol. The molecule has 2 rings (SSSR count). The van der Waals surface area contributed by atoms with E-state index in [0.717, 1.165) is 12.0 Å². The van der Waals surface area contributed by atoms with Crippen LogP contribution in [0.4, 0.5) is 4.79 Å². The summed E-state index contributed by atoms with van der Waals surface area (Å²) >= 11 is 0. The van der Waals surface area contributed by atoms with Crippen LogP contribution in [-0.2, 0) is 20.9 Å². The van der Waals surface area contributed by atoms with E-state index in [1.54, 1.807) is 11.0 Å². The summed E-state index contributed by atoms with van der Waals surface area (Å²) in [7, 11) is 0.